The van der Waals surface area contributed by atoms with Crippen LogP contribution in [0.4, 0.5) is 0 Å². The number of ether oxygens (including phenoxy) is 2. The Labute approximate surface area is 157 Å². The molecule has 0 amide bonds. The van der Waals surface area contributed by atoms with Gasteiger partial charge in [0.25, 0.3) is 0 Å². The van der Waals surface area contributed by atoms with E-state index in [2.05, 4.69) is 15.2 Å². The SMILES string of the molecule is CC(C)O/N=C(/c1ccc2c(c1)OC(c1ccccc1)CO2)n1cncn1. The molecule has 1 aliphatic rings. The molecule has 0 bridgehead atoms. The standard InChI is InChI=1S/C20H20N4O3/c1-14(2)27-23-20(24-13-21-12-22-24)16-8-9-17-18(10-16)26-19(11-25-17)15-6-4-3-5-7-15/h3-10,12-14,19H,11H2,1-2H3/b23-20-. The molecule has 1 aliphatic heterocycles. The van der Waals surface area contributed by atoms with Crippen LogP contribution in [0.5, 0.6) is 11.5 Å². The zero-order chi connectivity index (χ0) is 18.6. The molecule has 27 heavy (non-hydrogen) atoms. The second-order valence-electron chi connectivity index (χ2n) is 6.40. The van der Waals surface area contributed by atoms with E-state index in [1.54, 1.807) is 11.0 Å². The van der Waals surface area contributed by atoms with Crippen LogP contribution in [-0.4, -0.2) is 33.3 Å². The van der Waals surface area contributed by atoms with Crippen LogP contribution in [0.3, 0.4) is 0 Å². The van der Waals surface area contributed by atoms with Gasteiger partial charge in [-0.05, 0) is 37.6 Å². The Morgan fingerprint density at radius 1 is 1.19 bits per heavy atom. The minimum absolute atomic E-state index is 0.0526. The summed E-state index contributed by atoms with van der Waals surface area (Å²) in [7, 11) is 0. The lowest BCUT2D eigenvalue weighted by atomic mass is 10.1. The summed E-state index contributed by atoms with van der Waals surface area (Å²) in [6.07, 6.45) is 2.82. The largest absolute Gasteiger partial charge is 0.485 e. The molecule has 4 rings (SSSR count). The molecule has 3 aromatic rings. The first kappa shape index (κ1) is 17.1. The molecule has 0 N–H and O–H groups in total. The van der Waals surface area contributed by atoms with Crippen molar-refractivity contribution in [3.8, 4) is 11.5 Å². The molecule has 2 heterocycles. The Hall–Kier alpha value is -3.35. The van der Waals surface area contributed by atoms with Gasteiger partial charge in [-0.25, -0.2) is 4.98 Å². The summed E-state index contributed by atoms with van der Waals surface area (Å²) in [5.41, 5.74) is 1.86. The summed E-state index contributed by atoms with van der Waals surface area (Å²) >= 11 is 0. The van der Waals surface area contributed by atoms with Gasteiger partial charge >= 0.3 is 0 Å². The van der Waals surface area contributed by atoms with Crippen LogP contribution >= 0.6 is 0 Å². The van der Waals surface area contributed by atoms with E-state index < -0.39 is 0 Å². The maximum atomic E-state index is 6.19. The number of nitrogens with zero attached hydrogens (tertiary/aromatic N) is 4. The van der Waals surface area contributed by atoms with Crippen LogP contribution in [0.1, 0.15) is 31.1 Å². The van der Waals surface area contributed by atoms with Crippen LogP contribution in [0.15, 0.2) is 66.3 Å². The van der Waals surface area contributed by atoms with Crippen molar-refractivity contribution in [2.24, 2.45) is 5.16 Å². The predicted octanol–water partition coefficient (Wildman–Crippen LogP) is 3.43. The van der Waals surface area contributed by atoms with Crippen molar-refractivity contribution < 1.29 is 14.3 Å². The van der Waals surface area contributed by atoms with E-state index in [-0.39, 0.29) is 12.2 Å². The van der Waals surface area contributed by atoms with Gasteiger partial charge in [-0.15, -0.1) is 0 Å². The average molecular weight is 364 g/mol. The fourth-order valence-corrected chi connectivity index (χ4v) is 2.74. The zero-order valence-corrected chi connectivity index (χ0v) is 15.1. The highest BCUT2D eigenvalue weighted by molar-refractivity contribution is 5.99. The number of hydrogen-bond donors (Lipinski definition) is 0. The maximum Gasteiger partial charge on any atom is 0.201 e. The van der Waals surface area contributed by atoms with Crippen molar-refractivity contribution in [2.75, 3.05) is 6.61 Å². The second kappa shape index (κ2) is 7.49. The molecule has 0 saturated heterocycles. The van der Waals surface area contributed by atoms with Crippen molar-refractivity contribution in [1.29, 1.82) is 0 Å². The third-order valence-electron chi connectivity index (χ3n) is 4.02. The Kier molecular flexibility index (Phi) is 4.74. The van der Waals surface area contributed by atoms with E-state index in [9.17, 15) is 0 Å². The van der Waals surface area contributed by atoms with Gasteiger partial charge in [0.2, 0.25) is 5.84 Å². The fourth-order valence-electron chi connectivity index (χ4n) is 2.74. The van der Waals surface area contributed by atoms with E-state index >= 15 is 0 Å². The molecule has 0 radical (unpaired) electrons. The summed E-state index contributed by atoms with van der Waals surface area (Å²) in [5.74, 6) is 1.88. The highest BCUT2D eigenvalue weighted by atomic mass is 16.6. The van der Waals surface area contributed by atoms with Gasteiger partial charge in [-0.2, -0.15) is 9.78 Å². The maximum absolute atomic E-state index is 6.19. The van der Waals surface area contributed by atoms with Crippen LogP contribution in [-0.2, 0) is 4.84 Å². The van der Waals surface area contributed by atoms with E-state index in [4.69, 9.17) is 14.3 Å². The summed E-state index contributed by atoms with van der Waals surface area (Å²) < 4.78 is 13.6. The zero-order valence-electron chi connectivity index (χ0n) is 15.1. The molecular weight excluding hydrogens is 344 g/mol. The van der Waals surface area contributed by atoms with Gasteiger partial charge in [0.15, 0.2) is 17.6 Å². The number of rotatable bonds is 4. The monoisotopic (exact) mass is 364 g/mol. The van der Waals surface area contributed by atoms with Crippen LogP contribution in [0.25, 0.3) is 0 Å². The Morgan fingerprint density at radius 3 is 2.78 bits per heavy atom. The minimum Gasteiger partial charge on any atom is -0.485 e. The molecule has 2 aromatic carbocycles. The van der Waals surface area contributed by atoms with Crippen molar-refractivity contribution in [3.63, 3.8) is 0 Å². The third kappa shape index (κ3) is 3.76. The van der Waals surface area contributed by atoms with Gasteiger partial charge in [0.1, 0.15) is 25.4 Å². The molecule has 0 fully saturated rings. The van der Waals surface area contributed by atoms with Crippen LogP contribution in [0, 0.1) is 0 Å². The fraction of sp³-hybridized carbons (Fsp3) is 0.250. The molecule has 7 heteroatoms. The van der Waals surface area contributed by atoms with Gasteiger partial charge < -0.3 is 14.3 Å². The molecule has 138 valence electrons. The molecule has 1 unspecified atom stereocenters. The first-order valence-electron chi connectivity index (χ1n) is 8.78. The Morgan fingerprint density at radius 2 is 2.04 bits per heavy atom. The number of oxime groups is 1. The van der Waals surface area contributed by atoms with Crippen molar-refractivity contribution in [3.05, 3.63) is 72.3 Å². The number of fused-ring (bicyclic) bond motifs is 1. The lowest BCUT2D eigenvalue weighted by Crippen LogP contribution is -2.22. The van der Waals surface area contributed by atoms with Gasteiger partial charge in [-0.1, -0.05) is 35.5 Å². The molecule has 0 spiro atoms. The van der Waals surface area contributed by atoms with Gasteiger partial charge in [-0.3, -0.25) is 0 Å². The predicted molar refractivity (Wildman–Crippen MR) is 99.9 cm³/mol. The minimum atomic E-state index is -0.160. The molecular formula is C20H20N4O3. The summed E-state index contributed by atoms with van der Waals surface area (Å²) in [6.45, 7) is 4.30. The smallest absolute Gasteiger partial charge is 0.201 e. The van der Waals surface area contributed by atoms with E-state index in [1.165, 1.54) is 6.33 Å². The molecule has 0 saturated carbocycles. The second-order valence-corrected chi connectivity index (χ2v) is 6.40. The van der Waals surface area contributed by atoms with E-state index in [0.717, 1.165) is 11.1 Å². The molecule has 1 aromatic heterocycles. The Balaban J connectivity index is 1.66. The first-order chi connectivity index (χ1) is 13.2. The van der Waals surface area contributed by atoms with Crippen LogP contribution < -0.4 is 9.47 Å². The van der Waals surface area contributed by atoms with Gasteiger partial charge in [0, 0.05) is 5.56 Å². The highest BCUT2D eigenvalue weighted by Crippen LogP contribution is 2.37. The van der Waals surface area contributed by atoms with Crippen LogP contribution in [0.2, 0.25) is 0 Å². The average Bonchev–Trinajstić information content (AvgIpc) is 3.22. The molecule has 7 nitrogen and oxygen atoms in total. The normalized spacial score (nSPS) is 16.4. The lowest BCUT2D eigenvalue weighted by molar-refractivity contribution is 0.0849. The van der Waals surface area contributed by atoms with E-state index in [0.29, 0.717) is 23.9 Å². The third-order valence-corrected chi connectivity index (χ3v) is 4.02. The topological polar surface area (TPSA) is 70.8 Å². The van der Waals surface area contributed by atoms with E-state index in [1.807, 2.05) is 62.4 Å². The Bertz CT molecular complexity index is 924. The number of aromatic nitrogens is 3. The van der Waals surface area contributed by atoms with Gasteiger partial charge in [0.05, 0.1) is 0 Å². The summed E-state index contributed by atoms with van der Waals surface area (Å²) in [5, 5.41) is 8.41. The first-order valence-corrected chi connectivity index (χ1v) is 8.78. The molecule has 1 atom stereocenters. The van der Waals surface area contributed by atoms with Crippen molar-refractivity contribution in [1.82, 2.24) is 14.8 Å². The summed E-state index contributed by atoms with van der Waals surface area (Å²) in [6, 6.07) is 15.7. The quantitative estimate of drug-likeness (QED) is 0.403. The molecule has 0 aliphatic carbocycles. The van der Waals surface area contributed by atoms with Crippen molar-refractivity contribution in [2.45, 2.75) is 26.1 Å². The lowest BCUT2D eigenvalue weighted by Gasteiger charge is -2.27. The number of hydrogen-bond acceptors (Lipinski definition) is 6. The highest BCUT2D eigenvalue weighted by Gasteiger charge is 2.24. The van der Waals surface area contributed by atoms with Crippen molar-refractivity contribution >= 4 is 5.84 Å². The number of benzene rings is 2. The summed E-state index contributed by atoms with van der Waals surface area (Å²) in [4.78, 5) is 9.44.